The van der Waals surface area contributed by atoms with Crippen LogP contribution in [-0.2, 0) is 0 Å². The molecule has 1 N–H and O–H groups in total. The van der Waals surface area contributed by atoms with Crippen LogP contribution >= 0.6 is 0 Å². The molecular formula is C17H28F2N2. The Bertz CT molecular complexity index is 386. The summed E-state index contributed by atoms with van der Waals surface area (Å²) in [6, 6.07) is 0. The minimum atomic E-state index is -2.24. The van der Waals surface area contributed by atoms with Crippen molar-refractivity contribution in [2.75, 3.05) is 26.7 Å². The third-order valence-corrected chi connectivity index (χ3v) is 3.90. The molecule has 0 aromatic carbocycles. The van der Waals surface area contributed by atoms with E-state index in [-0.39, 0.29) is 6.42 Å². The largest absolute Gasteiger partial charge is 0.371 e. The highest BCUT2D eigenvalue weighted by Gasteiger charge is 2.15. The molecule has 0 amide bonds. The van der Waals surface area contributed by atoms with Crippen molar-refractivity contribution >= 4 is 0 Å². The SMILES string of the molecule is C/C=C(\CC(F)F)C[C@H]1C=CC(N(CC)CCNC)=CC1. The minimum Gasteiger partial charge on any atom is -0.371 e. The lowest BCUT2D eigenvalue weighted by Gasteiger charge is -2.27. The van der Waals surface area contributed by atoms with E-state index < -0.39 is 6.43 Å². The van der Waals surface area contributed by atoms with Gasteiger partial charge in [-0.3, -0.25) is 0 Å². The Morgan fingerprint density at radius 3 is 2.76 bits per heavy atom. The van der Waals surface area contributed by atoms with Crippen LogP contribution < -0.4 is 5.32 Å². The monoisotopic (exact) mass is 298 g/mol. The highest BCUT2D eigenvalue weighted by Crippen LogP contribution is 2.26. The normalized spacial score (nSPS) is 19.0. The molecule has 1 aliphatic rings. The summed E-state index contributed by atoms with van der Waals surface area (Å²) in [5, 5.41) is 3.16. The second kappa shape index (κ2) is 9.72. The van der Waals surface area contributed by atoms with Crippen LogP contribution in [0.3, 0.4) is 0 Å². The Labute approximate surface area is 127 Å². The average Bonchev–Trinajstić information content (AvgIpc) is 2.48. The molecule has 0 heterocycles. The number of hydrogen-bond acceptors (Lipinski definition) is 2. The van der Waals surface area contributed by atoms with Crippen LogP contribution in [0.1, 0.15) is 33.1 Å². The first kappa shape index (κ1) is 17.9. The van der Waals surface area contributed by atoms with Gasteiger partial charge in [0.1, 0.15) is 0 Å². The molecule has 120 valence electrons. The average molecular weight is 298 g/mol. The second-order valence-corrected chi connectivity index (χ2v) is 5.41. The Morgan fingerprint density at radius 2 is 2.29 bits per heavy atom. The first-order valence-electron chi connectivity index (χ1n) is 7.80. The molecule has 0 bridgehead atoms. The summed E-state index contributed by atoms with van der Waals surface area (Å²) < 4.78 is 24.9. The van der Waals surface area contributed by atoms with Gasteiger partial charge in [-0.25, -0.2) is 8.78 Å². The molecule has 0 fully saturated rings. The Morgan fingerprint density at radius 1 is 1.52 bits per heavy atom. The fourth-order valence-electron chi connectivity index (χ4n) is 2.61. The number of allylic oxidation sites excluding steroid dienone is 5. The first-order valence-corrected chi connectivity index (χ1v) is 7.80. The molecule has 1 atom stereocenters. The molecule has 4 heteroatoms. The van der Waals surface area contributed by atoms with Gasteiger partial charge in [0.15, 0.2) is 0 Å². The van der Waals surface area contributed by atoms with Crippen molar-refractivity contribution in [2.24, 2.45) is 5.92 Å². The number of hydrogen-bond donors (Lipinski definition) is 1. The molecule has 2 nitrogen and oxygen atoms in total. The zero-order valence-corrected chi connectivity index (χ0v) is 13.4. The van der Waals surface area contributed by atoms with Crippen molar-refractivity contribution in [3.8, 4) is 0 Å². The van der Waals surface area contributed by atoms with E-state index in [1.165, 1.54) is 5.70 Å². The maximum Gasteiger partial charge on any atom is 0.242 e. The number of rotatable bonds is 9. The van der Waals surface area contributed by atoms with Crippen LogP contribution in [0.15, 0.2) is 35.6 Å². The van der Waals surface area contributed by atoms with Gasteiger partial charge in [0.05, 0.1) is 0 Å². The Kier molecular flexibility index (Phi) is 8.28. The van der Waals surface area contributed by atoms with Gasteiger partial charge in [-0.1, -0.05) is 23.8 Å². The molecule has 0 aromatic heterocycles. The van der Waals surface area contributed by atoms with E-state index in [9.17, 15) is 8.78 Å². The zero-order chi connectivity index (χ0) is 15.7. The van der Waals surface area contributed by atoms with Crippen LogP contribution in [0.5, 0.6) is 0 Å². The van der Waals surface area contributed by atoms with Gasteiger partial charge in [-0.05, 0) is 45.7 Å². The van der Waals surface area contributed by atoms with E-state index >= 15 is 0 Å². The lowest BCUT2D eigenvalue weighted by Crippen LogP contribution is -2.30. The Balaban J connectivity index is 2.51. The minimum absolute atomic E-state index is 0.0966. The maximum absolute atomic E-state index is 12.5. The summed E-state index contributed by atoms with van der Waals surface area (Å²) >= 11 is 0. The van der Waals surface area contributed by atoms with Gasteiger partial charge in [0.25, 0.3) is 0 Å². The lowest BCUT2D eigenvalue weighted by molar-refractivity contribution is 0.147. The third-order valence-electron chi connectivity index (χ3n) is 3.90. The molecule has 0 aliphatic heterocycles. The summed E-state index contributed by atoms with van der Waals surface area (Å²) in [5.41, 5.74) is 2.11. The molecule has 1 rings (SSSR count). The first-order chi connectivity index (χ1) is 10.1. The number of alkyl halides is 2. The van der Waals surface area contributed by atoms with Crippen molar-refractivity contribution in [3.63, 3.8) is 0 Å². The molecule has 0 radical (unpaired) electrons. The summed E-state index contributed by atoms with van der Waals surface area (Å²) in [5.74, 6) is 0.349. The molecule has 1 aliphatic carbocycles. The predicted molar refractivity (Wildman–Crippen MR) is 85.5 cm³/mol. The van der Waals surface area contributed by atoms with Crippen molar-refractivity contribution in [1.82, 2.24) is 10.2 Å². The van der Waals surface area contributed by atoms with Crippen molar-refractivity contribution in [3.05, 3.63) is 35.6 Å². The van der Waals surface area contributed by atoms with Gasteiger partial charge >= 0.3 is 0 Å². The van der Waals surface area contributed by atoms with Gasteiger partial charge < -0.3 is 10.2 Å². The summed E-state index contributed by atoms with van der Waals surface area (Å²) in [7, 11) is 1.95. The fourth-order valence-corrected chi connectivity index (χ4v) is 2.61. The van der Waals surface area contributed by atoms with Crippen LogP contribution in [0.4, 0.5) is 8.78 Å². The van der Waals surface area contributed by atoms with Crippen molar-refractivity contribution in [1.29, 1.82) is 0 Å². The van der Waals surface area contributed by atoms with E-state index in [1.54, 1.807) is 0 Å². The van der Waals surface area contributed by atoms with Crippen LogP contribution in [0, 0.1) is 5.92 Å². The van der Waals surface area contributed by atoms with Gasteiger partial charge in [0.2, 0.25) is 6.43 Å². The number of nitrogens with one attached hydrogen (secondary N) is 1. The molecule has 0 saturated carbocycles. The van der Waals surface area contributed by atoms with E-state index in [1.807, 2.05) is 20.0 Å². The highest BCUT2D eigenvalue weighted by molar-refractivity contribution is 5.24. The maximum atomic E-state index is 12.5. The summed E-state index contributed by atoms with van der Waals surface area (Å²) in [4.78, 5) is 2.33. The van der Waals surface area contributed by atoms with E-state index in [0.717, 1.165) is 38.0 Å². The molecule has 0 unspecified atom stereocenters. The van der Waals surface area contributed by atoms with Crippen molar-refractivity contribution < 1.29 is 8.78 Å². The molecule has 0 spiro atoms. The van der Waals surface area contributed by atoms with E-state index in [2.05, 4.69) is 35.4 Å². The number of likely N-dealkylation sites (N-methyl/N-ethyl adjacent to an activating group) is 2. The Hall–Kier alpha value is -1.16. The zero-order valence-electron chi connectivity index (χ0n) is 13.4. The van der Waals surface area contributed by atoms with Crippen LogP contribution in [0.2, 0.25) is 0 Å². The fraction of sp³-hybridized carbons (Fsp3) is 0.647. The topological polar surface area (TPSA) is 15.3 Å². The van der Waals surface area contributed by atoms with Gasteiger partial charge in [-0.2, -0.15) is 0 Å². The standard InChI is InChI=1S/C17H28F2N2/c1-4-14(13-17(18)19)12-15-6-8-16(9-7-15)21(5-2)11-10-20-3/h4,6,8-9,15,17,20H,5,7,10-13H2,1-3H3/b14-4-/t15-/m0/s1. The molecule has 21 heavy (non-hydrogen) atoms. The number of nitrogens with zero attached hydrogens (tertiary/aromatic N) is 1. The summed E-state index contributed by atoms with van der Waals surface area (Å²) in [6.07, 6.45) is 7.72. The predicted octanol–water partition coefficient (Wildman–Crippen LogP) is 3.98. The number of halogens is 2. The van der Waals surface area contributed by atoms with E-state index in [4.69, 9.17) is 0 Å². The smallest absolute Gasteiger partial charge is 0.242 e. The lowest BCUT2D eigenvalue weighted by atomic mass is 9.90. The van der Waals surface area contributed by atoms with Crippen molar-refractivity contribution in [2.45, 2.75) is 39.5 Å². The highest BCUT2D eigenvalue weighted by atomic mass is 19.3. The second-order valence-electron chi connectivity index (χ2n) is 5.41. The van der Waals surface area contributed by atoms with Crippen LogP contribution in [0.25, 0.3) is 0 Å². The van der Waals surface area contributed by atoms with Gasteiger partial charge in [-0.15, -0.1) is 0 Å². The quantitative estimate of drug-likeness (QED) is 0.648. The molecular weight excluding hydrogens is 270 g/mol. The third kappa shape index (κ3) is 6.42. The van der Waals surface area contributed by atoms with E-state index in [0.29, 0.717) is 5.92 Å². The molecule has 0 aromatic rings. The summed E-state index contributed by atoms with van der Waals surface area (Å²) in [6.45, 7) is 6.92. The van der Waals surface area contributed by atoms with Gasteiger partial charge in [0, 0.05) is 31.8 Å². The molecule has 0 saturated heterocycles. The van der Waals surface area contributed by atoms with Crippen LogP contribution in [-0.4, -0.2) is 38.0 Å².